The molecule has 0 aliphatic carbocycles. The van der Waals surface area contributed by atoms with Gasteiger partial charge in [-0.25, -0.2) is 8.78 Å². The van der Waals surface area contributed by atoms with Crippen molar-refractivity contribution in [2.45, 2.75) is 13.0 Å². The predicted octanol–water partition coefficient (Wildman–Crippen LogP) is 2.12. The lowest BCUT2D eigenvalue weighted by atomic mass is 10.2. The van der Waals surface area contributed by atoms with E-state index in [9.17, 15) is 8.78 Å². The van der Waals surface area contributed by atoms with Crippen LogP contribution in [0.3, 0.4) is 0 Å². The highest BCUT2D eigenvalue weighted by Crippen LogP contribution is 2.34. The summed E-state index contributed by atoms with van der Waals surface area (Å²) in [5.41, 5.74) is -0.0876. The van der Waals surface area contributed by atoms with Crippen molar-refractivity contribution < 1.29 is 18.6 Å². The zero-order chi connectivity index (χ0) is 10.7. The van der Waals surface area contributed by atoms with E-state index in [-0.39, 0.29) is 17.0 Å². The van der Waals surface area contributed by atoms with E-state index in [0.717, 1.165) is 0 Å². The number of alkyl halides is 2. The molecule has 78 valence electrons. The van der Waals surface area contributed by atoms with Gasteiger partial charge in [-0.1, -0.05) is 0 Å². The Morgan fingerprint density at radius 1 is 1.64 bits per heavy atom. The zero-order valence-electron chi connectivity index (χ0n) is 7.30. The summed E-state index contributed by atoms with van der Waals surface area (Å²) in [5.74, 6) is -0.0330. The maximum atomic E-state index is 12.6. The van der Waals surface area contributed by atoms with E-state index < -0.39 is 13.0 Å². The number of aromatic nitrogens is 1. The van der Waals surface area contributed by atoms with Gasteiger partial charge in [0, 0.05) is 9.77 Å². The number of aliphatic hydroxyl groups excluding tert-OH is 1. The largest absolute Gasteiger partial charge is 0.494 e. The Morgan fingerprint density at radius 3 is 2.71 bits per heavy atom. The number of methoxy groups -OCH3 is 1. The fourth-order valence-corrected chi connectivity index (χ4v) is 1.69. The first kappa shape index (κ1) is 11.6. The summed E-state index contributed by atoms with van der Waals surface area (Å²) < 4.78 is 30.3. The maximum absolute atomic E-state index is 12.6. The Balaban J connectivity index is 3.35. The molecule has 14 heavy (non-hydrogen) atoms. The molecule has 1 aromatic heterocycles. The lowest BCUT2D eigenvalue weighted by Gasteiger charge is -2.12. The molecule has 6 heteroatoms. The minimum absolute atomic E-state index is 0.0330. The molecule has 1 aromatic rings. The summed E-state index contributed by atoms with van der Waals surface area (Å²) >= 11 is 1.75. The topological polar surface area (TPSA) is 42.4 Å². The normalized spacial score (nSPS) is 10.7. The minimum atomic E-state index is -2.63. The molecule has 1 rings (SSSR count). The van der Waals surface area contributed by atoms with Crippen molar-refractivity contribution in [3.63, 3.8) is 0 Å². The Bertz CT molecular complexity index is 333. The van der Waals surface area contributed by atoms with E-state index in [1.54, 1.807) is 22.6 Å². The van der Waals surface area contributed by atoms with Gasteiger partial charge in [-0.05, 0) is 22.6 Å². The lowest BCUT2D eigenvalue weighted by Crippen LogP contribution is -2.03. The number of pyridine rings is 1. The quantitative estimate of drug-likeness (QED) is 0.869. The monoisotopic (exact) mass is 315 g/mol. The molecule has 1 heterocycles. The van der Waals surface area contributed by atoms with Crippen LogP contribution in [0.15, 0.2) is 6.20 Å². The Kier molecular flexibility index (Phi) is 3.99. The molecule has 0 bridgehead atoms. The smallest absolute Gasteiger partial charge is 0.268 e. The van der Waals surface area contributed by atoms with Crippen LogP contribution in [0.5, 0.6) is 5.75 Å². The molecule has 0 saturated carbocycles. The van der Waals surface area contributed by atoms with Crippen molar-refractivity contribution >= 4 is 22.6 Å². The van der Waals surface area contributed by atoms with Crippen LogP contribution >= 0.6 is 22.6 Å². The molecule has 0 radical (unpaired) electrons. The van der Waals surface area contributed by atoms with E-state index >= 15 is 0 Å². The van der Waals surface area contributed by atoms with Crippen LogP contribution in [-0.4, -0.2) is 17.2 Å². The van der Waals surface area contributed by atoms with Gasteiger partial charge in [0.05, 0.1) is 19.3 Å². The molecule has 0 fully saturated rings. The molecule has 3 nitrogen and oxygen atoms in total. The minimum Gasteiger partial charge on any atom is -0.494 e. The number of halogens is 3. The Labute approximate surface area is 93.2 Å². The summed E-state index contributed by atoms with van der Waals surface area (Å²) in [6.45, 7) is -0.417. The van der Waals surface area contributed by atoms with E-state index in [1.807, 2.05) is 0 Å². The molecule has 0 spiro atoms. The SMILES string of the molecule is COc1c(CO)ncc(I)c1C(F)F. The first-order chi connectivity index (χ1) is 6.61. The number of rotatable bonds is 3. The van der Waals surface area contributed by atoms with Gasteiger partial charge in [0.2, 0.25) is 0 Å². The molecule has 0 aliphatic rings. The van der Waals surface area contributed by atoms with Crippen molar-refractivity contribution in [3.05, 3.63) is 21.0 Å². The average Bonchev–Trinajstić information content (AvgIpc) is 2.16. The van der Waals surface area contributed by atoms with Crippen LogP contribution in [0, 0.1) is 3.57 Å². The number of ether oxygens (including phenoxy) is 1. The molecule has 0 saturated heterocycles. The van der Waals surface area contributed by atoms with E-state index in [4.69, 9.17) is 9.84 Å². The molecular formula is C8H8F2INO2. The van der Waals surface area contributed by atoms with Crippen LogP contribution in [0.1, 0.15) is 17.7 Å². The highest BCUT2D eigenvalue weighted by Gasteiger charge is 2.21. The molecule has 1 N–H and O–H groups in total. The first-order valence-corrected chi connectivity index (χ1v) is 4.80. The average molecular weight is 315 g/mol. The van der Waals surface area contributed by atoms with Gasteiger partial charge < -0.3 is 9.84 Å². The fourth-order valence-electron chi connectivity index (χ4n) is 1.07. The Morgan fingerprint density at radius 2 is 2.29 bits per heavy atom. The van der Waals surface area contributed by atoms with Gasteiger partial charge in [0.25, 0.3) is 6.43 Å². The molecule has 0 unspecified atom stereocenters. The van der Waals surface area contributed by atoms with Crippen LogP contribution in [0.2, 0.25) is 0 Å². The van der Waals surface area contributed by atoms with Crippen LogP contribution in [0.25, 0.3) is 0 Å². The molecular weight excluding hydrogens is 307 g/mol. The summed E-state index contributed by atoms with van der Waals surface area (Å²) in [6, 6.07) is 0. The van der Waals surface area contributed by atoms with Crippen LogP contribution in [0.4, 0.5) is 8.78 Å². The molecule has 0 aliphatic heterocycles. The molecule has 0 amide bonds. The van der Waals surface area contributed by atoms with E-state index in [0.29, 0.717) is 3.57 Å². The second kappa shape index (κ2) is 4.83. The van der Waals surface area contributed by atoms with Gasteiger partial charge >= 0.3 is 0 Å². The third-order valence-electron chi connectivity index (χ3n) is 1.67. The summed E-state index contributed by atoms with van der Waals surface area (Å²) in [4.78, 5) is 3.79. The lowest BCUT2D eigenvalue weighted by molar-refractivity contribution is 0.145. The van der Waals surface area contributed by atoms with Crippen molar-refractivity contribution in [1.29, 1.82) is 0 Å². The number of hydrogen-bond donors (Lipinski definition) is 1. The molecule has 0 aromatic carbocycles. The van der Waals surface area contributed by atoms with E-state index in [1.165, 1.54) is 13.3 Å². The van der Waals surface area contributed by atoms with Gasteiger partial charge in [-0.15, -0.1) is 0 Å². The second-order valence-electron chi connectivity index (χ2n) is 2.46. The van der Waals surface area contributed by atoms with Crippen molar-refractivity contribution in [1.82, 2.24) is 4.98 Å². The zero-order valence-corrected chi connectivity index (χ0v) is 9.46. The van der Waals surface area contributed by atoms with Crippen LogP contribution < -0.4 is 4.74 Å². The number of aliphatic hydroxyl groups is 1. The first-order valence-electron chi connectivity index (χ1n) is 3.72. The third-order valence-corrected chi connectivity index (χ3v) is 2.53. The summed E-state index contributed by atoms with van der Waals surface area (Å²) in [7, 11) is 1.28. The van der Waals surface area contributed by atoms with Gasteiger partial charge in [0.15, 0.2) is 5.75 Å². The summed E-state index contributed by atoms with van der Waals surface area (Å²) in [5, 5.41) is 8.86. The van der Waals surface area contributed by atoms with Gasteiger partial charge in [0.1, 0.15) is 5.69 Å². The maximum Gasteiger partial charge on any atom is 0.268 e. The van der Waals surface area contributed by atoms with Gasteiger partial charge in [-0.2, -0.15) is 0 Å². The standard InChI is InChI=1S/C8H8F2INO2/c1-14-7-5(3-13)12-2-4(11)6(7)8(9)10/h2,8,13H,3H2,1H3. The third kappa shape index (κ3) is 2.11. The van der Waals surface area contributed by atoms with Crippen molar-refractivity contribution in [3.8, 4) is 5.75 Å². The van der Waals surface area contributed by atoms with E-state index in [2.05, 4.69) is 4.98 Å². The fraction of sp³-hybridized carbons (Fsp3) is 0.375. The Hall–Kier alpha value is -0.500. The van der Waals surface area contributed by atoms with Crippen LogP contribution in [-0.2, 0) is 6.61 Å². The predicted molar refractivity (Wildman–Crippen MR) is 54.4 cm³/mol. The van der Waals surface area contributed by atoms with Gasteiger partial charge in [-0.3, -0.25) is 4.98 Å². The van der Waals surface area contributed by atoms with Crippen molar-refractivity contribution in [2.24, 2.45) is 0 Å². The highest BCUT2D eigenvalue weighted by molar-refractivity contribution is 14.1. The van der Waals surface area contributed by atoms with Crippen molar-refractivity contribution in [2.75, 3.05) is 7.11 Å². The second-order valence-corrected chi connectivity index (χ2v) is 3.62. The highest BCUT2D eigenvalue weighted by atomic mass is 127. The number of nitrogens with zero attached hydrogens (tertiary/aromatic N) is 1. The number of hydrogen-bond acceptors (Lipinski definition) is 3. The molecule has 0 atom stereocenters. The summed E-state index contributed by atoms with van der Waals surface area (Å²) in [6.07, 6.45) is -1.35.